The van der Waals surface area contributed by atoms with Gasteiger partial charge in [-0.2, -0.15) is 0 Å². The van der Waals surface area contributed by atoms with Gasteiger partial charge in [-0.3, -0.25) is 4.79 Å². The van der Waals surface area contributed by atoms with E-state index in [0.29, 0.717) is 31.9 Å². The van der Waals surface area contributed by atoms with Crippen molar-refractivity contribution in [3.05, 3.63) is 78.8 Å². The summed E-state index contributed by atoms with van der Waals surface area (Å²) in [6, 6.07) is 18.4. The molecule has 2 aromatic carbocycles. The number of aromatic amines is 2. The summed E-state index contributed by atoms with van der Waals surface area (Å²) >= 11 is 0. The van der Waals surface area contributed by atoms with Gasteiger partial charge in [0.2, 0.25) is 0 Å². The molecular weight excluding hydrogens is 400 g/mol. The minimum atomic E-state index is 0.0470. The van der Waals surface area contributed by atoms with Crippen molar-refractivity contribution in [2.75, 3.05) is 26.3 Å². The first kappa shape index (κ1) is 18.8. The van der Waals surface area contributed by atoms with Gasteiger partial charge in [0.15, 0.2) is 0 Å². The summed E-state index contributed by atoms with van der Waals surface area (Å²) in [5, 5.41) is 2.24. The Hall–Kier alpha value is -3.90. The van der Waals surface area contributed by atoms with Gasteiger partial charge in [-0.25, -0.2) is 4.98 Å². The number of hydrogen-bond acceptors (Lipinski definition) is 3. The highest BCUT2D eigenvalue weighted by atomic mass is 16.5. The summed E-state index contributed by atoms with van der Waals surface area (Å²) in [6.07, 6.45) is 5.81. The molecule has 0 aliphatic carbocycles. The molecule has 6 rings (SSSR count). The third kappa shape index (κ3) is 3.25. The Morgan fingerprint density at radius 3 is 2.75 bits per heavy atom. The third-order valence-corrected chi connectivity index (χ3v) is 6.14. The Balaban J connectivity index is 1.38. The Morgan fingerprint density at radius 2 is 1.84 bits per heavy atom. The number of hydrogen-bond donors (Lipinski definition) is 2. The van der Waals surface area contributed by atoms with Crippen molar-refractivity contribution >= 4 is 27.8 Å². The van der Waals surface area contributed by atoms with Crippen LogP contribution in [0, 0.1) is 0 Å². The molecule has 0 bridgehead atoms. The van der Waals surface area contributed by atoms with Crippen molar-refractivity contribution in [2.24, 2.45) is 0 Å². The number of nitrogens with zero attached hydrogens (tertiary/aromatic N) is 2. The van der Waals surface area contributed by atoms with Crippen molar-refractivity contribution in [3.63, 3.8) is 0 Å². The Morgan fingerprint density at radius 1 is 0.938 bits per heavy atom. The number of fused-ring (bicyclic) bond motifs is 2. The maximum Gasteiger partial charge on any atom is 0.254 e. The van der Waals surface area contributed by atoms with Crippen LogP contribution in [-0.4, -0.2) is 52.1 Å². The van der Waals surface area contributed by atoms with E-state index in [1.165, 1.54) is 5.39 Å². The molecule has 32 heavy (non-hydrogen) atoms. The fourth-order valence-electron chi connectivity index (χ4n) is 4.40. The summed E-state index contributed by atoms with van der Waals surface area (Å²) in [4.78, 5) is 26.0. The normalized spacial score (nSPS) is 14.3. The van der Waals surface area contributed by atoms with Crippen LogP contribution in [0.5, 0.6) is 0 Å². The number of amides is 1. The molecule has 3 aromatic heterocycles. The SMILES string of the molecule is O=C(c1cccc(-c2cnc3[nH]cc(-c4ccc5cc[nH]c5c4)c3c2)c1)N1CCOCC1. The van der Waals surface area contributed by atoms with E-state index in [1.54, 1.807) is 0 Å². The lowest BCUT2D eigenvalue weighted by molar-refractivity contribution is 0.0303. The first-order valence-corrected chi connectivity index (χ1v) is 10.8. The molecule has 1 fully saturated rings. The summed E-state index contributed by atoms with van der Waals surface area (Å²) in [7, 11) is 0. The molecule has 4 heterocycles. The number of rotatable bonds is 3. The second kappa shape index (κ2) is 7.66. The van der Waals surface area contributed by atoms with Crippen LogP contribution in [0.2, 0.25) is 0 Å². The van der Waals surface area contributed by atoms with E-state index in [0.717, 1.165) is 38.8 Å². The molecule has 1 amide bonds. The van der Waals surface area contributed by atoms with Crippen molar-refractivity contribution in [1.29, 1.82) is 0 Å². The van der Waals surface area contributed by atoms with Crippen LogP contribution in [0.1, 0.15) is 10.4 Å². The Bertz CT molecular complexity index is 1440. The number of nitrogens with one attached hydrogen (secondary N) is 2. The van der Waals surface area contributed by atoms with Gasteiger partial charge in [0.1, 0.15) is 5.65 Å². The number of pyridine rings is 1. The highest BCUT2D eigenvalue weighted by Gasteiger charge is 2.19. The second-order valence-electron chi connectivity index (χ2n) is 8.09. The van der Waals surface area contributed by atoms with Crippen LogP contribution in [0.3, 0.4) is 0 Å². The average Bonchev–Trinajstić information content (AvgIpc) is 3.50. The van der Waals surface area contributed by atoms with Gasteiger partial charge < -0.3 is 19.6 Å². The quantitative estimate of drug-likeness (QED) is 0.436. The maximum atomic E-state index is 12.9. The monoisotopic (exact) mass is 422 g/mol. The van der Waals surface area contributed by atoms with Crippen molar-refractivity contribution in [3.8, 4) is 22.3 Å². The molecule has 0 spiro atoms. The van der Waals surface area contributed by atoms with Crippen LogP contribution < -0.4 is 0 Å². The molecule has 1 aliphatic rings. The lowest BCUT2D eigenvalue weighted by atomic mass is 10.0. The molecule has 2 N–H and O–H groups in total. The van der Waals surface area contributed by atoms with Crippen molar-refractivity contribution < 1.29 is 9.53 Å². The van der Waals surface area contributed by atoms with E-state index in [2.05, 4.69) is 45.3 Å². The van der Waals surface area contributed by atoms with Crippen LogP contribution >= 0.6 is 0 Å². The Labute approximate surface area is 184 Å². The maximum absolute atomic E-state index is 12.9. The number of H-pyrrole nitrogens is 2. The van der Waals surface area contributed by atoms with Crippen LogP contribution in [0.15, 0.2) is 73.2 Å². The van der Waals surface area contributed by atoms with E-state index in [1.807, 2.05) is 47.8 Å². The van der Waals surface area contributed by atoms with Gasteiger partial charge in [-0.15, -0.1) is 0 Å². The molecule has 0 unspecified atom stereocenters. The average molecular weight is 422 g/mol. The highest BCUT2D eigenvalue weighted by molar-refractivity contribution is 5.99. The molecule has 0 saturated carbocycles. The Kier molecular flexibility index (Phi) is 4.51. The number of morpholine rings is 1. The van der Waals surface area contributed by atoms with E-state index in [9.17, 15) is 4.79 Å². The summed E-state index contributed by atoms with van der Waals surface area (Å²) < 4.78 is 5.37. The summed E-state index contributed by atoms with van der Waals surface area (Å²) in [6.45, 7) is 2.45. The zero-order valence-electron chi connectivity index (χ0n) is 17.5. The van der Waals surface area contributed by atoms with Gasteiger partial charge in [-0.1, -0.05) is 24.3 Å². The summed E-state index contributed by atoms with van der Waals surface area (Å²) in [5.74, 6) is 0.0470. The number of benzene rings is 2. The molecule has 0 atom stereocenters. The van der Waals surface area contributed by atoms with Crippen LogP contribution in [0.25, 0.3) is 44.2 Å². The summed E-state index contributed by atoms with van der Waals surface area (Å²) in [5.41, 5.74) is 6.83. The number of carbonyl (C=O) groups is 1. The minimum Gasteiger partial charge on any atom is -0.378 e. The molecule has 0 radical (unpaired) electrons. The van der Waals surface area contributed by atoms with Gasteiger partial charge in [0.05, 0.1) is 13.2 Å². The van der Waals surface area contributed by atoms with Gasteiger partial charge in [-0.05, 0) is 46.8 Å². The molecule has 1 saturated heterocycles. The molecule has 6 nitrogen and oxygen atoms in total. The lowest BCUT2D eigenvalue weighted by Crippen LogP contribution is -2.40. The fourth-order valence-corrected chi connectivity index (χ4v) is 4.40. The second-order valence-corrected chi connectivity index (χ2v) is 8.09. The number of carbonyl (C=O) groups excluding carboxylic acids is 1. The predicted octanol–water partition coefficient (Wildman–Crippen LogP) is 4.85. The smallest absolute Gasteiger partial charge is 0.254 e. The zero-order valence-corrected chi connectivity index (χ0v) is 17.5. The van der Waals surface area contributed by atoms with E-state index >= 15 is 0 Å². The molecular formula is C26H22N4O2. The topological polar surface area (TPSA) is 74.0 Å². The van der Waals surface area contributed by atoms with Gasteiger partial charge >= 0.3 is 0 Å². The predicted molar refractivity (Wildman–Crippen MR) is 126 cm³/mol. The van der Waals surface area contributed by atoms with E-state index in [4.69, 9.17) is 4.74 Å². The van der Waals surface area contributed by atoms with E-state index in [-0.39, 0.29) is 5.91 Å². The standard InChI is InChI=1S/C26H22N4O2/c31-26(30-8-10-32-11-9-30)20-3-1-2-18(12-20)21-13-22-23(16-29-25(22)28-15-21)19-5-4-17-6-7-27-24(17)14-19/h1-7,12-16,27H,8-11H2,(H,28,29). The number of aromatic nitrogens is 3. The minimum absolute atomic E-state index is 0.0470. The van der Waals surface area contributed by atoms with Crippen molar-refractivity contribution in [2.45, 2.75) is 0 Å². The first-order chi connectivity index (χ1) is 15.8. The fraction of sp³-hybridized carbons (Fsp3) is 0.154. The molecule has 6 heteroatoms. The number of ether oxygens (including phenoxy) is 1. The molecule has 158 valence electrons. The third-order valence-electron chi connectivity index (χ3n) is 6.14. The van der Waals surface area contributed by atoms with Crippen LogP contribution in [-0.2, 0) is 4.74 Å². The molecule has 5 aromatic rings. The zero-order chi connectivity index (χ0) is 21.5. The lowest BCUT2D eigenvalue weighted by Gasteiger charge is -2.27. The highest BCUT2D eigenvalue weighted by Crippen LogP contribution is 2.32. The largest absolute Gasteiger partial charge is 0.378 e. The van der Waals surface area contributed by atoms with Gasteiger partial charge in [0.25, 0.3) is 5.91 Å². The van der Waals surface area contributed by atoms with Gasteiger partial charge in [0, 0.05) is 59.3 Å². The van der Waals surface area contributed by atoms with Crippen LogP contribution in [0.4, 0.5) is 0 Å². The molecule has 1 aliphatic heterocycles. The first-order valence-electron chi connectivity index (χ1n) is 10.8. The van der Waals surface area contributed by atoms with E-state index < -0.39 is 0 Å². The van der Waals surface area contributed by atoms with Crippen molar-refractivity contribution in [1.82, 2.24) is 19.9 Å².